The van der Waals surface area contributed by atoms with E-state index >= 15 is 0 Å². The van der Waals surface area contributed by atoms with Gasteiger partial charge in [-0.15, -0.1) is 0 Å². The summed E-state index contributed by atoms with van der Waals surface area (Å²) in [4.78, 5) is 28.6. The molecule has 0 aromatic carbocycles. The number of aliphatic imine (C=N–C) groups is 1. The Morgan fingerprint density at radius 1 is 1.25 bits per heavy atom. The van der Waals surface area contributed by atoms with Crippen LogP contribution < -0.4 is 10.1 Å². The minimum atomic E-state index is -0.711. The van der Waals surface area contributed by atoms with Gasteiger partial charge < -0.3 is 24.7 Å². The topological polar surface area (TPSA) is 110 Å². The Balaban J connectivity index is 0.000000644. The van der Waals surface area contributed by atoms with Crippen LogP contribution in [0.3, 0.4) is 0 Å². The van der Waals surface area contributed by atoms with Crippen molar-refractivity contribution in [2.45, 2.75) is 52.9 Å². The Kier molecular flexibility index (Phi) is 21.4. The van der Waals surface area contributed by atoms with Crippen molar-refractivity contribution in [3.8, 4) is 5.88 Å². The molecule has 0 radical (unpaired) electrons. The lowest BCUT2D eigenvalue weighted by Crippen LogP contribution is -2.01. The average molecular weight is 552 g/mol. The molecule has 0 fully saturated rings. The van der Waals surface area contributed by atoms with E-state index in [1.165, 1.54) is 0 Å². The number of carboxylic acids is 1. The van der Waals surface area contributed by atoms with E-state index in [2.05, 4.69) is 40.9 Å². The number of aldehydes is 1. The molecule has 0 amide bonds. The second kappa shape index (κ2) is 23.9. The van der Waals surface area contributed by atoms with E-state index in [4.69, 9.17) is 14.6 Å². The number of ether oxygens (including phenoxy) is 2. The molecule has 1 aromatic rings. The number of hydrogen-bond donors (Lipinski definition) is 2. The van der Waals surface area contributed by atoms with Gasteiger partial charge in [0.2, 0.25) is 5.88 Å². The Morgan fingerprint density at radius 2 is 2.02 bits per heavy atom. The number of pyridine rings is 1. The lowest BCUT2D eigenvalue weighted by atomic mass is 10.1. The molecule has 0 aliphatic heterocycles. The maximum absolute atomic E-state index is 10.6. The van der Waals surface area contributed by atoms with Crippen LogP contribution in [-0.2, 0) is 14.3 Å². The van der Waals surface area contributed by atoms with Crippen molar-refractivity contribution in [1.29, 1.82) is 0 Å². The molecule has 1 aliphatic carbocycles. The highest BCUT2D eigenvalue weighted by Crippen LogP contribution is 2.15. The van der Waals surface area contributed by atoms with Gasteiger partial charge in [0.1, 0.15) is 17.8 Å². The van der Waals surface area contributed by atoms with E-state index < -0.39 is 5.97 Å². The van der Waals surface area contributed by atoms with Gasteiger partial charge in [0, 0.05) is 44.3 Å². The third kappa shape index (κ3) is 18.1. The maximum Gasteiger partial charge on any atom is 0.303 e. The summed E-state index contributed by atoms with van der Waals surface area (Å²) in [7, 11) is 3.56. The molecule has 1 unspecified atom stereocenters. The molecular weight excluding hydrogens is 506 g/mol. The zero-order chi connectivity index (χ0) is 30.0. The number of rotatable bonds is 14. The van der Waals surface area contributed by atoms with Crippen molar-refractivity contribution in [1.82, 2.24) is 10.3 Å². The van der Waals surface area contributed by atoms with Crippen molar-refractivity contribution in [3.63, 3.8) is 0 Å². The van der Waals surface area contributed by atoms with Gasteiger partial charge in [0.05, 0.1) is 12.3 Å². The van der Waals surface area contributed by atoms with Crippen molar-refractivity contribution in [3.05, 3.63) is 96.8 Å². The van der Waals surface area contributed by atoms with E-state index in [0.29, 0.717) is 18.9 Å². The standard InChI is InChI=1S/C15H20N2O2.C13H17NO.C4H8O2/c1-4-9-19-15-8-6-13(10-17-15)14(16-3)7-5-12(2)11-18;1-3-7-12(10-11-14-2)15-13-8-5-4-6-9-13;1-2-3-4(5)6/h5-8,10-12H,4,9H2,1-3H3;3,5,7-11,14H,1,4,6H2,2H3;2-3H2,1H3,(H,5,6)/b7-5-,16-14?;11-10+,12-7+;. The van der Waals surface area contributed by atoms with Crippen molar-refractivity contribution in [2.75, 3.05) is 20.7 Å². The van der Waals surface area contributed by atoms with Crippen LogP contribution in [0.5, 0.6) is 5.88 Å². The molecule has 2 N–H and O–H groups in total. The van der Waals surface area contributed by atoms with Gasteiger partial charge in [-0.2, -0.15) is 0 Å². The minimum Gasteiger partial charge on any atom is -0.481 e. The van der Waals surface area contributed by atoms with Gasteiger partial charge in [-0.05, 0) is 68.3 Å². The fraction of sp³-hybridized carbons (Fsp3) is 0.375. The smallest absolute Gasteiger partial charge is 0.303 e. The zero-order valence-corrected chi connectivity index (χ0v) is 24.5. The molecule has 1 atom stereocenters. The first-order valence-corrected chi connectivity index (χ1v) is 13.5. The van der Waals surface area contributed by atoms with Crippen molar-refractivity contribution >= 4 is 18.0 Å². The number of nitrogens with zero attached hydrogens (tertiary/aromatic N) is 2. The summed E-state index contributed by atoms with van der Waals surface area (Å²) < 4.78 is 11.1. The quantitative estimate of drug-likeness (QED) is 0.116. The lowest BCUT2D eigenvalue weighted by Gasteiger charge is -2.09. The predicted molar refractivity (Wildman–Crippen MR) is 163 cm³/mol. The fourth-order valence-corrected chi connectivity index (χ4v) is 2.83. The van der Waals surface area contributed by atoms with Crippen LogP contribution in [0, 0.1) is 5.92 Å². The number of carboxylic acid groups (broad SMARTS) is 1. The van der Waals surface area contributed by atoms with Crippen LogP contribution in [0.25, 0.3) is 0 Å². The average Bonchev–Trinajstić information content (AvgIpc) is 2.97. The third-order valence-corrected chi connectivity index (χ3v) is 4.86. The molecule has 1 heterocycles. The molecule has 0 saturated heterocycles. The van der Waals surface area contributed by atoms with Gasteiger partial charge in [-0.3, -0.25) is 9.79 Å². The first-order chi connectivity index (χ1) is 19.3. The number of carbonyl (C=O) groups excluding carboxylic acids is 1. The van der Waals surface area contributed by atoms with Crippen LogP contribution in [0.2, 0.25) is 0 Å². The number of carbonyl (C=O) groups is 2. The third-order valence-electron chi connectivity index (χ3n) is 4.86. The second-order valence-electron chi connectivity index (χ2n) is 8.46. The van der Waals surface area contributed by atoms with E-state index in [1.54, 1.807) is 19.3 Å². The molecule has 8 nitrogen and oxygen atoms in total. The maximum atomic E-state index is 10.6. The van der Waals surface area contributed by atoms with Gasteiger partial charge in [-0.25, -0.2) is 4.98 Å². The minimum absolute atomic E-state index is 0.114. The van der Waals surface area contributed by atoms with Crippen molar-refractivity contribution < 1.29 is 24.2 Å². The van der Waals surface area contributed by atoms with E-state index in [-0.39, 0.29) is 5.92 Å². The lowest BCUT2D eigenvalue weighted by molar-refractivity contribution is -0.137. The second-order valence-corrected chi connectivity index (χ2v) is 8.46. The van der Waals surface area contributed by atoms with Crippen LogP contribution in [0.1, 0.15) is 58.4 Å². The van der Waals surface area contributed by atoms with Crippen LogP contribution in [-0.4, -0.2) is 48.8 Å². The monoisotopic (exact) mass is 551 g/mol. The molecule has 2 rings (SSSR count). The predicted octanol–water partition coefficient (Wildman–Crippen LogP) is 6.59. The molecule has 218 valence electrons. The molecule has 1 aromatic heterocycles. The van der Waals surface area contributed by atoms with E-state index in [1.807, 2.05) is 69.6 Å². The molecule has 8 heteroatoms. The summed E-state index contributed by atoms with van der Waals surface area (Å²) in [6.45, 7) is 10.0. The number of hydrogen-bond acceptors (Lipinski definition) is 7. The Labute approximate surface area is 239 Å². The highest BCUT2D eigenvalue weighted by Gasteiger charge is 2.02. The summed E-state index contributed by atoms with van der Waals surface area (Å²) in [5.41, 5.74) is 1.70. The number of nitrogens with one attached hydrogen (secondary N) is 1. The number of aromatic nitrogens is 1. The Bertz CT molecular complexity index is 1050. The Morgan fingerprint density at radius 3 is 2.50 bits per heavy atom. The first kappa shape index (κ1) is 35.8. The van der Waals surface area contributed by atoms with Gasteiger partial charge >= 0.3 is 5.97 Å². The molecule has 0 bridgehead atoms. The first-order valence-electron chi connectivity index (χ1n) is 13.5. The van der Waals surface area contributed by atoms with Gasteiger partial charge in [-0.1, -0.05) is 45.6 Å². The summed E-state index contributed by atoms with van der Waals surface area (Å²) in [5, 5.41) is 10.8. The van der Waals surface area contributed by atoms with Crippen LogP contribution in [0.4, 0.5) is 0 Å². The zero-order valence-electron chi connectivity index (χ0n) is 24.5. The highest BCUT2D eigenvalue weighted by molar-refractivity contribution is 6.08. The van der Waals surface area contributed by atoms with Crippen molar-refractivity contribution in [2.24, 2.45) is 10.9 Å². The summed E-state index contributed by atoms with van der Waals surface area (Å²) >= 11 is 0. The largest absolute Gasteiger partial charge is 0.481 e. The highest BCUT2D eigenvalue weighted by atomic mass is 16.5. The number of allylic oxidation sites excluding steroid dienone is 8. The summed E-state index contributed by atoms with van der Waals surface area (Å²) in [6.07, 6.45) is 23.8. The van der Waals surface area contributed by atoms with Crippen LogP contribution >= 0.6 is 0 Å². The van der Waals surface area contributed by atoms with Gasteiger partial charge in [0.15, 0.2) is 0 Å². The summed E-state index contributed by atoms with van der Waals surface area (Å²) in [5.74, 6) is 1.47. The van der Waals surface area contributed by atoms with E-state index in [0.717, 1.165) is 54.8 Å². The van der Waals surface area contributed by atoms with Crippen LogP contribution in [0.15, 0.2) is 96.2 Å². The molecular formula is C32H45N3O5. The molecule has 0 saturated carbocycles. The summed E-state index contributed by atoms with van der Waals surface area (Å²) in [6, 6.07) is 3.74. The molecule has 0 spiro atoms. The number of aliphatic carboxylic acids is 1. The normalized spacial score (nSPS) is 13.8. The van der Waals surface area contributed by atoms with E-state index in [9.17, 15) is 9.59 Å². The van der Waals surface area contributed by atoms with Gasteiger partial charge in [0.25, 0.3) is 0 Å². The fourth-order valence-electron chi connectivity index (χ4n) is 2.83. The Hall–Kier alpha value is -4.20. The SMILES string of the molecule is C=C/C=C(\C=C\NC)OC1=CCCC=C1.CCCC(=O)O.CCCOc1ccc(C(/C=C\C(C)C=O)=NC)cn1. The molecule has 1 aliphatic rings. The molecule has 40 heavy (non-hydrogen) atoms.